The molecule has 0 atom stereocenters. The third kappa shape index (κ3) is 5.15. The summed E-state index contributed by atoms with van der Waals surface area (Å²) in [6, 6.07) is 0. The Kier molecular flexibility index (Phi) is 5.07. The number of nitrogens with zero attached hydrogens (tertiary/aromatic N) is 1. The minimum atomic E-state index is -3.17. The Morgan fingerprint density at radius 2 is 2.33 bits per heavy atom. The first-order valence-electron chi connectivity index (χ1n) is 4.65. The van der Waals surface area contributed by atoms with Gasteiger partial charge in [0, 0.05) is 31.2 Å². The molecule has 0 spiro atoms. The smallest absolute Gasteiger partial charge is 0.211 e. The van der Waals surface area contributed by atoms with Gasteiger partial charge in [-0.25, -0.2) is 18.1 Å². The van der Waals surface area contributed by atoms with Crippen LogP contribution in [0.25, 0.3) is 0 Å². The summed E-state index contributed by atoms with van der Waals surface area (Å²) in [5.41, 5.74) is 0. The predicted molar refractivity (Wildman–Crippen MR) is 59.4 cm³/mol. The number of sulfonamides is 1. The Morgan fingerprint density at radius 1 is 1.53 bits per heavy atom. The first-order chi connectivity index (χ1) is 7.14. The van der Waals surface area contributed by atoms with Gasteiger partial charge in [0.2, 0.25) is 10.0 Å². The topological polar surface area (TPSA) is 74.8 Å². The second kappa shape index (κ2) is 6.09. The van der Waals surface area contributed by atoms with E-state index in [1.807, 2.05) is 0 Å². The van der Waals surface area contributed by atoms with Crippen LogP contribution in [-0.2, 0) is 16.4 Å². The number of aromatic nitrogens is 2. The summed E-state index contributed by atoms with van der Waals surface area (Å²) in [5.74, 6) is 1.21. The maximum absolute atomic E-state index is 11.3. The zero-order chi connectivity index (χ0) is 11.1. The van der Waals surface area contributed by atoms with Gasteiger partial charge in [-0.3, -0.25) is 0 Å². The van der Waals surface area contributed by atoms with Crippen LogP contribution in [-0.4, -0.2) is 36.6 Å². The van der Waals surface area contributed by atoms with Gasteiger partial charge in [0.1, 0.15) is 5.82 Å². The van der Waals surface area contributed by atoms with Crippen molar-refractivity contribution in [1.29, 1.82) is 0 Å². The Hall–Kier alpha value is -0.590. The summed E-state index contributed by atoms with van der Waals surface area (Å²) in [4.78, 5) is 6.89. The van der Waals surface area contributed by atoms with Gasteiger partial charge in [-0.1, -0.05) is 0 Å². The molecule has 0 aliphatic carbocycles. The molecule has 7 heteroatoms. The fraction of sp³-hybridized carbons (Fsp3) is 0.625. The predicted octanol–water partition coefficient (Wildman–Crippen LogP) is 0.500. The van der Waals surface area contributed by atoms with E-state index in [0.29, 0.717) is 25.3 Å². The van der Waals surface area contributed by atoms with Crippen molar-refractivity contribution in [3.8, 4) is 0 Å². The number of halogens is 1. The molecule has 1 heterocycles. The molecule has 0 aromatic carbocycles. The highest BCUT2D eigenvalue weighted by molar-refractivity contribution is 7.89. The van der Waals surface area contributed by atoms with E-state index >= 15 is 0 Å². The number of nitrogens with one attached hydrogen (secondary N) is 2. The zero-order valence-corrected chi connectivity index (χ0v) is 9.81. The van der Waals surface area contributed by atoms with Gasteiger partial charge in [0.25, 0.3) is 0 Å². The molecule has 86 valence electrons. The van der Waals surface area contributed by atoms with Crippen LogP contribution in [0.2, 0.25) is 0 Å². The molecular formula is C8H14ClN3O2S. The first-order valence-corrected chi connectivity index (χ1v) is 6.84. The van der Waals surface area contributed by atoms with Crippen molar-refractivity contribution >= 4 is 21.6 Å². The molecule has 1 aromatic heterocycles. The summed E-state index contributed by atoms with van der Waals surface area (Å²) >= 11 is 5.42. The van der Waals surface area contributed by atoms with Gasteiger partial charge in [0.15, 0.2) is 0 Å². The number of imidazole rings is 1. The van der Waals surface area contributed by atoms with Gasteiger partial charge >= 0.3 is 0 Å². The monoisotopic (exact) mass is 251 g/mol. The normalized spacial score (nSPS) is 11.8. The summed E-state index contributed by atoms with van der Waals surface area (Å²) in [6.45, 7) is 0.359. The number of hydrogen-bond acceptors (Lipinski definition) is 3. The van der Waals surface area contributed by atoms with Gasteiger partial charge in [-0.2, -0.15) is 0 Å². The molecule has 0 aliphatic heterocycles. The van der Waals surface area contributed by atoms with Crippen LogP contribution >= 0.6 is 11.6 Å². The van der Waals surface area contributed by atoms with Gasteiger partial charge in [0.05, 0.1) is 5.75 Å². The van der Waals surface area contributed by atoms with Gasteiger partial charge in [-0.05, 0) is 6.42 Å². The standard InChI is InChI=1S/C8H14ClN3O2S/c9-3-1-7-15(13,14)12-4-2-8-10-5-6-11-8/h5-6,12H,1-4,7H2,(H,10,11). The lowest BCUT2D eigenvalue weighted by Crippen LogP contribution is -2.28. The van der Waals surface area contributed by atoms with E-state index < -0.39 is 10.0 Å². The van der Waals surface area contributed by atoms with E-state index in [0.717, 1.165) is 5.82 Å². The molecule has 0 radical (unpaired) electrons. The number of alkyl halides is 1. The van der Waals surface area contributed by atoms with E-state index in [1.54, 1.807) is 12.4 Å². The summed E-state index contributed by atoms with van der Waals surface area (Å²) in [6.07, 6.45) is 4.37. The van der Waals surface area contributed by atoms with Crippen LogP contribution in [0, 0.1) is 0 Å². The molecule has 0 unspecified atom stereocenters. The molecule has 0 bridgehead atoms. The zero-order valence-electron chi connectivity index (χ0n) is 8.24. The van der Waals surface area contributed by atoms with Crippen LogP contribution in [0.5, 0.6) is 0 Å². The average Bonchev–Trinajstić information content (AvgIpc) is 2.67. The average molecular weight is 252 g/mol. The molecular weight excluding hydrogens is 238 g/mol. The Labute approximate surface area is 94.3 Å². The maximum Gasteiger partial charge on any atom is 0.211 e. The second-order valence-electron chi connectivity index (χ2n) is 3.04. The van der Waals surface area contributed by atoms with Crippen LogP contribution < -0.4 is 4.72 Å². The number of H-pyrrole nitrogens is 1. The highest BCUT2D eigenvalue weighted by Crippen LogP contribution is 1.93. The van der Waals surface area contributed by atoms with E-state index in [1.165, 1.54) is 0 Å². The van der Waals surface area contributed by atoms with E-state index in [-0.39, 0.29) is 5.75 Å². The van der Waals surface area contributed by atoms with Crippen LogP contribution in [0.3, 0.4) is 0 Å². The number of rotatable bonds is 7. The highest BCUT2D eigenvalue weighted by Gasteiger charge is 2.08. The van der Waals surface area contributed by atoms with Crippen molar-refractivity contribution in [3.63, 3.8) is 0 Å². The fourth-order valence-electron chi connectivity index (χ4n) is 1.08. The second-order valence-corrected chi connectivity index (χ2v) is 5.35. The van der Waals surface area contributed by atoms with Crippen molar-refractivity contribution in [1.82, 2.24) is 14.7 Å². The summed E-state index contributed by atoms with van der Waals surface area (Å²) in [5, 5.41) is 0. The largest absolute Gasteiger partial charge is 0.349 e. The third-order valence-electron chi connectivity index (χ3n) is 1.79. The fourth-order valence-corrected chi connectivity index (χ4v) is 2.45. The Morgan fingerprint density at radius 3 is 2.93 bits per heavy atom. The molecule has 5 nitrogen and oxygen atoms in total. The summed E-state index contributed by atoms with van der Waals surface area (Å²) < 4.78 is 25.1. The molecule has 1 rings (SSSR count). The Balaban J connectivity index is 2.24. The lowest BCUT2D eigenvalue weighted by Gasteiger charge is -2.04. The molecule has 0 saturated heterocycles. The highest BCUT2D eigenvalue weighted by atomic mass is 35.5. The molecule has 0 saturated carbocycles. The Bertz CT molecular complexity index is 363. The number of hydrogen-bond donors (Lipinski definition) is 2. The minimum absolute atomic E-state index is 0.0780. The van der Waals surface area contributed by atoms with Crippen molar-refractivity contribution in [2.45, 2.75) is 12.8 Å². The maximum atomic E-state index is 11.3. The van der Waals surface area contributed by atoms with Crippen molar-refractivity contribution in [2.75, 3.05) is 18.2 Å². The van der Waals surface area contributed by atoms with Crippen molar-refractivity contribution in [2.24, 2.45) is 0 Å². The van der Waals surface area contributed by atoms with Crippen LogP contribution in [0.15, 0.2) is 12.4 Å². The molecule has 2 N–H and O–H groups in total. The van der Waals surface area contributed by atoms with Crippen LogP contribution in [0.1, 0.15) is 12.2 Å². The van der Waals surface area contributed by atoms with Crippen molar-refractivity contribution < 1.29 is 8.42 Å². The first kappa shape index (κ1) is 12.5. The van der Waals surface area contributed by atoms with E-state index in [9.17, 15) is 8.42 Å². The van der Waals surface area contributed by atoms with E-state index in [2.05, 4.69) is 14.7 Å². The lowest BCUT2D eigenvalue weighted by molar-refractivity contribution is 0.579. The molecule has 15 heavy (non-hydrogen) atoms. The molecule has 1 aromatic rings. The lowest BCUT2D eigenvalue weighted by atomic mass is 10.4. The molecule has 0 aliphatic rings. The van der Waals surface area contributed by atoms with Crippen LogP contribution in [0.4, 0.5) is 0 Å². The third-order valence-corrected chi connectivity index (χ3v) is 3.52. The van der Waals surface area contributed by atoms with Crippen molar-refractivity contribution in [3.05, 3.63) is 18.2 Å². The quantitative estimate of drug-likeness (QED) is 0.693. The van der Waals surface area contributed by atoms with Gasteiger partial charge in [-0.15, -0.1) is 11.6 Å². The molecule has 0 amide bonds. The minimum Gasteiger partial charge on any atom is -0.349 e. The SMILES string of the molecule is O=S(=O)(CCCCl)NCCc1ncc[nH]1. The summed E-state index contributed by atoms with van der Waals surface area (Å²) in [7, 11) is -3.17. The van der Waals surface area contributed by atoms with Gasteiger partial charge < -0.3 is 4.98 Å². The number of aromatic amines is 1. The molecule has 0 fully saturated rings. The van der Waals surface area contributed by atoms with E-state index in [4.69, 9.17) is 11.6 Å².